The summed E-state index contributed by atoms with van der Waals surface area (Å²) in [5.41, 5.74) is 0. The summed E-state index contributed by atoms with van der Waals surface area (Å²) in [5.74, 6) is -1.49. The van der Waals surface area contributed by atoms with Crippen LogP contribution in [-0.2, 0) is 42.2 Å². The molecule has 0 aliphatic rings. The SMILES string of the molecule is CC/C=C\C/C=C\C/C=C\C/C=C\CCCCCCC(=O)OC(CO)COP(=O)(O)OCC(COC(=O)CCCCCCCCCCCCCCCCC)OC(=O)CCCCCCCC/C=C\C/C=C\C/C=C\CCCCC. The van der Waals surface area contributed by atoms with Gasteiger partial charge in [0.05, 0.1) is 19.8 Å². The van der Waals surface area contributed by atoms with Crippen LogP contribution in [0.2, 0.25) is 0 Å². The molecule has 0 aliphatic carbocycles. The summed E-state index contributed by atoms with van der Waals surface area (Å²) in [6.07, 6.45) is 69.6. The first-order chi connectivity index (χ1) is 38.2. The van der Waals surface area contributed by atoms with E-state index < -0.39 is 57.8 Å². The highest BCUT2D eigenvalue weighted by Gasteiger charge is 2.28. The number of hydrogen-bond donors (Lipinski definition) is 2. The number of ether oxygens (including phenoxy) is 3. The van der Waals surface area contributed by atoms with E-state index in [1.54, 1.807) is 0 Å². The Morgan fingerprint density at radius 1 is 0.372 bits per heavy atom. The van der Waals surface area contributed by atoms with E-state index >= 15 is 0 Å². The molecule has 450 valence electrons. The van der Waals surface area contributed by atoms with Crippen molar-refractivity contribution < 1.29 is 52.2 Å². The van der Waals surface area contributed by atoms with Gasteiger partial charge in [-0.2, -0.15) is 0 Å². The van der Waals surface area contributed by atoms with Crippen molar-refractivity contribution in [3.05, 3.63) is 85.1 Å². The molecule has 0 radical (unpaired) electrons. The Balaban J connectivity index is 4.74. The van der Waals surface area contributed by atoms with E-state index in [4.69, 9.17) is 23.3 Å². The number of hydrogen-bond acceptors (Lipinski definition) is 10. The second-order valence-corrected chi connectivity index (χ2v) is 22.3. The van der Waals surface area contributed by atoms with Crippen LogP contribution in [0.15, 0.2) is 85.1 Å². The number of rotatable bonds is 58. The molecule has 78 heavy (non-hydrogen) atoms. The molecule has 0 heterocycles. The number of carbonyl (C=O) groups is 3. The highest BCUT2D eigenvalue weighted by atomic mass is 31.2. The van der Waals surface area contributed by atoms with Crippen LogP contribution in [-0.4, -0.2) is 66.5 Å². The van der Waals surface area contributed by atoms with Crippen LogP contribution in [0.1, 0.15) is 278 Å². The van der Waals surface area contributed by atoms with E-state index in [1.807, 2.05) is 0 Å². The number of esters is 3. The summed E-state index contributed by atoms with van der Waals surface area (Å²) in [4.78, 5) is 48.7. The molecule has 0 rings (SSSR count). The maximum absolute atomic E-state index is 12.9. The van der Waals surface area contributed by atoms with Crippen molar-refractivity contribution in [2.45, 2.75) is 290 Å². The summed E-state index contributed by atoms with van der Waals surface area (Å²) < 4.78 is 39.6. The lowest BCUT2D eigenvalue weighted by Gasteiger charge is -2.21. The second-order valence-electron chi connectivity index (χ2n) is 20.8. The van der Waals surface area contributed by atoms with Crippen molar-refractivity contribution in [1.82, 2.24) is 0 Å². The zero-order chi connectivity index (χ0) is 56.9. The van der Waals surface area contributed by atoms with E-state index in [0.717, 1.165) is 122 Å². The lowest BCUT2D eigenvalue weighted by atomic mass is 10.0. The minimum absolute atomic E-state index is 0.146. The molecular formula is C66H115O11P. The van der Waals surface area contributed by atoms with Crippen molar-refractivity contribution in [3.63, 3.8) is 0 Å². The number of phosphoric ester groups is 1. The van der Waals surface area contributed by atoms with Crippen LogP contribution in [0.3, 0.4) is 0 Å². The van der Waals surface area contributed by atoms with Crippen LogP contribution >= 0.6 is 7.82 Å². The van der Waals surface area contributed by atoms with Crippen molar-refractivity contribution in [1.29, 1.82) is 0 Å². The average Bonchev–Trinajstić information content (AvgIpc) is 3.43. The number of aliphatic hydroxyl groups excluding tert-OH is 1. The molecule has 12 heteroatoms. The predicted molar refractivity (Wildman–Crippen MR) is 325 cm³/mol. The zero-order valence-electron chi connectivity index (χ0n) is 49.9. The Labute approximate surface area is 477 Å². The van der Waals surface area contributed by atoms with Gasteiger partial charge in [-0.3, -0.25) is 23.4 Å². The van der Waals surface area contributed by atoms with Crippen molar-refractivity contribution in [2.24, 2.45) is 0 Å². The van der Waals surface area contributed by atoms with Crippen LogP contribution in [0.4, 0.5) is 0 Å². The molecule has 0 aliphatic heterocycles. The number of carbonyl (C=O) groups excluding carboxylic acids is 3. The Morgan fingerprint density at radius 3 is 1.05 bits per heavy atom. The van der Waals surface area contributed by atoms with Crippen LogP contribution < -0.4 is 0 Å². The first kappa shape index (κ1) is 74.7. The second kappa shape index (κ2) is 59.8. The molecule has 3 atom stereocenters. The smallest absolute Gasteiger partial charge is 0.462 e. The average molecular weight is 1120 g/mol. The number of allylic oxidation sites excluding steroid dienone is 14. The molecule has 0 aromatic rings. The Kier molecular flexibility index (Phi) is 57.2. The molecule has 2 N–H and O–H groups in total. The van der Waals surface area contributed by atoms with E-state index in [2.05, 4.69) is 106 Å². The number of unbranched alkanes of at least 4 members (excludes halogenated alkanes) is 27. The van der Waals surface area contributed by atoms with E-state index in [9.17, 15) is 28.9 Å². The fourth-order valence-corrected chi connectivity index (χ4v) is 9.32. The maximum atomic E-state index is 12.9. The third-order valence-corrected chi connectivity index (χ3v) is 14.3. The molecular weight excluding hydrogens is 1000 g/mol. The van der Waals surface area contributed by atoms with Crippen molar-refractivity contribution in [3.8, 4) is 0 Å². The third kappa shape index (κ3) is 57.3. The molecule has 3 unspecified atom stereocenters. The molecule has 0 saturated heterocycles. The first-order valence-electron chi connectivity index (χ1n) is 31.5. The quantitative estimate of drug-likeness (QED) is 0.0197. The molecule has 0 spiro atoms. The van der Waals surface area contributed by atoms with Crippen LogP contribution in [0, 0.1) is 0 Å². The van der Waals surface area contributed by atoms with Gasteiger partial charge in [-0.15, -0.1) is 0 Å². The first-order valence-corrected chi connectivity index (χ1v) is 33.0. The standard InChI is InChI=1S/C66H115O11P/c1-4-7-10-13-16-19-22-25-28-30-31-33-36-39-42-45-48-51-54-57-66(70)77-63(59-73-64(68)55-52-49-46-43-40-37-34-27-24-21-18-15-12-9-6-3)61-75-78(71,72)74-60-62(58-67)76-65(69)56-53-50-47-44-41-38-35-32-29-26-23-20-17-14-11-8-5-2/h8,11,16-17,19-20,25-26,28-29,31,33,35,38,62-63,67H,4-7,9-10,12-15,18,21-24,27,30,32,34,36-37,39-61H2,1-3H3,(H,71,72)/b11-8-,19-16-,20-17-,28-25-,29-26-,33-31-,38-35-. The highest BCUT2D eigenvalue weighted by Crippen LogP contribution is 2.43. The highest BCUT2D eigenvalue weighted by molar-refractivity contribution is 7.47. The lowest BCUT2D eigenvalue weighted by Crippen LogP contribution is -2.30. The normalized spacial score (nSPS) is 13.9. The minimum Gasteiger partial charge on any atom is -0.462 e. The number of phosphoric acid groups is 1. The maximum Gasteiger partial charge on any atom is 0.472 e. The molecule has 0 fully saturated rings. The van der Waals surface area contributed by atoms with Gasteiger partial charge < -0.3 is 24.2 Å². The molecule has 11 nitrogen and oxygen atoms in total. The Bertz CT molecular complexity index is 1630. The summed E-state index contributed by atoms with van der Waals surface area (Å²) >= 11 is 0. The molecule has 0 bridgehead atoms. The van der Waals surface area contributed by atoms with Crippen molar-refractivity contribution in [2.75, 3.05) is 26.4 Å². The fraction of sp³-hybridized carbons (Fsp3) is 0.742. The topological polar surface area (TPSA) is 155 Å². The van der Waals surface area contributed by atoms with Gasteiger partial charge in [0.15, 0.2) is 6.10 Å². The fourth-order valence-electron chi connectivity index (χ4n) is 8.53. The minimum atomic E-state index is -4.76. The molecule has 0 amide bonds. The van der Waals surface area contributed by atoms with Gasteiger partial charge in [-0.1, -0.05) is 247 Å². The molecule has 0 aromatic heterocycles. The predicted octanol–water partition coefficient (Wildman–Crippen LogP) is 19.0. The monoisotopic (exact) mass is 1110 g/mol. The van der Waals surface area contributed by atoms with E-state index in [0.29, 0.717) is 19.3 Å². The number of aliphatic hydroxyl groups is 1. The van der Waals surface area contributed by atoms with E-state index in [-0.39, 0.29) is 25.9 Å². The van der Waals surface area contributed by atoms with Gasteiger partial charge in [-0.05, 0) is 96.3 Å². The van der Waals surface area contributed by atoms with Gasteiger partial charge >= 0.3 is 25.7 Å². The van der Waals surface area contributed by atoms with E-state index in [1.165, 1.54) is 96.3 Å². The zero-order valence-corrected chi connectivity index (χ0v) is 50.8. The van der Waals surface area contributed by atoms with Gasteiger partial charge in [-0.25, -0.2) is 4.57 Å². The Hall–Kier alpha value is -3.34. The summed E-state index contributed by atoms with van der Waals surface area (Å²) in [5, 5.41) is 9.84. The molecule has 0 aromatic carbocycles. The summed E-state index contributed by atoms with van der Waals surface area (Å²) in [6.45, 7) is 4.50. The van der Waals surface area contributed by atoms with Gasteiger partial charge in [0.2, 0.25) is 0 Å². The summed E-state index contributed by atoms with van der Waals surface area (Å²) in [7, 11) is -4.76. The Morgan fingerprint density at radius 2 is 0.667 bits per heavy atom. The van der Waals surface area contributed by atoms with Gasteiger partial charge in [0.1, 0.15) is 12.7 Å². The van der Waals surface area contributed by atoms with Crippen molar-refractivity contribution >= 4 is 25.7 Å². The summed E-state index contributed by atoms with van der Waals surface area (Å²) in [6, 6.07) is 0. The third-order valence-electron chi connectivity index (χ3n) is 13.3. The largest absolute Gasteiger partial charge is 0.472 e. The van der Waals surface area contributed by atoms with Gasteiger partial charge in [0, 0.05) is 19.3 Å². The van der Waals surface area contributed by atoms with Gasteiger partial charge in [0.25, 0.3) is 0 Å². The lowest BCUT2D eigenvalue weighted by molar-refractivity contribution is -0.161. The van der Waals surface area contributed by atoms with Crippen LogP contribution in [0.5, 0.6) is 0 Å². The molecule has 0 saturated carbocycles. The van der Waals surface area contributed by atoms with Crippen LogP contribution in [0.25, 0.3) is 0 Å².